The largest absolute Gasteiger partial charge is 0.316 e. The van der Waals surface area contributed by atoms with Crippen molar-refractivity contribution < 1.29 is 0 Å². The van der Waals surface area contributed by atoms with E-state index in [0.29, 0.717) is 11.3 Å². The summed E-state index contributed by atoms with van der Waals surface area (Å²) >= 11 is 0. The molecule has 2 aliphatic rings. The van der Waals surface area contributed by atoms with Gasteiger partial charge in [0.05, 0.1) is 0 Å². The second-order valence-electron chi connectivity index (χ2n) is 6.93. The molecule has 1 aromatic carbocycles. The van der Waals surface area contributed by atoms with Gasteiger partial charge in [-0.15, -0.1) is 0 Å². The van der Waals surface area contributed by atoms with Crippen LogP contribution in [0.2, 0.25) is 0 Å². The molecule has 0 aliphatic carbocycles. The highest BCUT2D eigenvalue weighted by Crippen LogP contribution is 2.36. The molecule has 2 aliphatic heterocycles. The molecule has 0 amide bonds. The number of benzene rings is 1. The minimum absolute atomic E-state index is 0.576. The van der Waals surface area contributed by atoms with Crippen LogP contribution in [-0.4, -0.2) is 37.6 Å². The lowest BCUT2D eigenvalue weighted by molar-refractivity contribution is 0.0617. The topological polar surface area (TPSA) is 15.3 Å². The van der Waals surface area contributed by atoms with Gasteiger partial charge in [0.15, 0.2) is 0 Å². The van der Waals surface area contributed by atoms with Crippen LogP contribution in [0, 0.1) is 5.41 Å². The van der Waals surface area contributed by atoms with Crippen molar-refractivity contribution >= 4 is 0 Å². The number of nitrogens with one attached hydrogen (secondary N) is 1. The number of likely N-dealkylation sites (tertiary alicyclic amines) is 1. The van der Waals surface area contributed by atoms with Gasteiger partial charge in [-0.25, -0.2) is 0 Å². The number of nitrogens with zero attached hydrogens (tertiary/aromatic N) is 1. The first kappa shape index (κ1) is 14.1. The van der Waals surface area contributed by atoms with Crippen molar-refractivity contribution in [1.82, 2.24) is 10.2 Å². The molecule has 2 atom stereocenters. The molecule has 0 bridgehead atoms. The summed E-state index contributed by atoms with van der Waals surface area (Å²) < 4.78 is 0. The van der Waals surface area contributed by atoms with Crippen molar-refractivity contribution in [3.63, 3.8) is 0 Å². The quantitative estimate of drug-likeness (QED) is 0.908. The number of piperidine rings is 2. The molecule has 3 rings (SSSR count). The van der Waals surface area contributed by atoms with E-state index < -0.39 is 0 Å². The lowest BCUT2D eigenvalue weighted by Gasteiger charge is -2.46. The zero-order valence-corrected chi connectivity index (χ0v) is 12.8. The van der Waals surface area contributed by atoms with Gasteiger partial charge < -0.3 is 10.2 Å². The van der Waals surface area contributed by atoms with Crippen molar-refractivity contribution in [2.75, 3.05) is 32.7 Å². The predicted molar refractivity (Wildman–Crippen MR) is 85.1 cm³/mol. The maximum atomic E-state index is 3.62. The van der Waals surface area contributed by atoms with E-state index in [2.05, 4.69) is 47.5 Å². The van der Waals surface area contributed by atoms with Crippen LogP contribution >= 0.6 is 0 Å². The average molecular weight is 272 g/mol. The Morgan fingerprint density at radius 2 is 2.00 bits per heavy atom. The molecule has 2 heteroatoms. The highest BCUT2D eigenvalue weighted by atomic mass is 15.1. The fraction of sp³-hybridized carbons (Fsp3) is 0.667. The van der Waals surface area contributed by atoms with Crippen LogP contribution in [0.4, 0.5) is 0 Å². The molecule has 2 fully saturated rings. The van der Waals surface area contributed by atoms with Crippen LogP contribution in [0.1, 0.15) is 44.1 Å². The molecular weight excluding hydrogens is 244 g/mol. The molecule has 2 saturated heterocycles. The van der Waals surface area contributed by atoms with Crippen molar-refractivity contribution in [2.45, 2.75) is 38.5 Å². The van der Waals surface area contributed by atoms with Crippen molar-refractivity contribution in [3.8, 4) is 0 Å². The highest BCUT2D eigenvalue weighted by molar-refractivity contribution is 5.19. The first-order valence-corrected chi connectivity index (χ1v) is 8.25. The van der Waals surface area contributed by atoms with Crippen molar-refractivity contribution in [1.29, 1.82) is 0 Å². The van der Waals surface area contributed by atoms with Crippen molar-refractivity contribution in [2.24, 2.45) is 5.41 Å². The van der Waals surface area contributed by atoms with Gasteiger partial charge in [-0.1, -0.05) is 37.3 Å². The third-order valence-electron chi connectivity index (χ3n) is 5.20. The Morgan fingerprint density at radius 1 is 1.20 bits per heavy atom. The van der Waals surface area contributed by atoms with E-state index in [1.165, 1.54) is 64.0 Å². The van der Waals surface area contributed by atoms with E-state index in [-0.39, 0.29) is 0 Å². The molecule has 0 aromatic heterocycles. The Morgan fingerprint density at radius 3 is 2.75 bits per heavy atom. The fourth-order valence-corrected chi connectivity index (χ4v) is 4.12. The van der Waals surface area contributed by atoms with Crippen LogP contribution in [0.15, 0.2) is 30.3 Å². The van der Waals surface area contributed by atoms with Gasteiger partial charge in [-0.3, -0.25) is 0 Å². The Kier molecular flexibility index (Phi) is 4.42. The number of hydrogen-bond donors (Lipinski definition) is 1. The molecule has 110 valence electrons. The van der Waals surface area contributed by atoms with Crippen LogP contribution in [0.25, 0.3) is 0 Å². The predicted octanol–water partition coefficient (Wildman–Crippen LogP) is 3.26. The lowest BCUT2D eigenvalue weighted by Crippen LogP contribution is -2.51. The smallest absolute Gasteiger partial charge is 0.00504 e. The maximum Gasteiger partial charge on any atom is 0.00504 e. The summed E-state index contributed by atoms with van der Waals surface area (Å²) in [7, 11) is 0. The Hall–Kier alpha value is -0.860. The molecular formula is C18H28N2. The van der Waals surface area contributed by atoms with E-state index in [1.54, 1.807) is 0 Å². The van der Waals surface area contributed by atoms with Gasteiger partial charge in [0.1, 0.15) is 0 Å². The third kappa shape index (κ3) is 3.24. The zero-order chi connectivity index (χ0) is 13.8. The normalized spacial score (nSPS) is 29.4. The zero-order valence-electron chi connectivity index (χ0n) is 12.8. The number of hydrogen-bond acceptors (Lipinski definition) is 2. The first-order chi connectivity index (χ1) is 9.77. The minimum Gasteiger partial charge on any atom is -0.316 e. The van der Waals surface area contributed by atoms with Crippen LogP contribution in [-0.2, 0) is 0 Å². The summed E-state index contributed by atoms with van der Waals surface area (Å²) in [4.78, 5) is 2.72. The van der Waals surface area contributed by atoms with E-state index >= 15 is 0 Å². The minimum atomic E-state index is 0.576. The van der Waals surface area contributed by atoms with Gasteiger partial charge in [0.2, 0.25) is 0 Å². The van der Waals surface area contributed by atoms with Gasteiger partial charge in [0, 0.05) is 19.6 Å². The summed E-state index contributed by atoms with van der Waals surface area (Å²) in [5.41, 5.74) is 2.06. The fourth-order valence-electron chi connectivity index (χ4n) is 4.12. The summed E-state index contributed by atoms with van der Waals surface area (Å²) in [5.74, 6) is 0.642. The average Bonchev–Trinajstić information content (AvgIpc) is 2.49. The van der Waals surface area contributed by atoms with E-state index in [1.807, 2.05) is 0 Å². The Labute approximate surface area is 123 Å². The molecule has 2 unspecified atom stereocenters. The van der Waals surface area contributed by atoms with Gasteiger partial charge in [-0.2, -0.15) is 0 Å². The Balaban J connectivity index is 1.60. The SMILES string of the molecule is CC(CN1CCCC2(CCCNC2)C1)c1ccccc1. The Bertz CT molecular complexity index is 403. The summed E-state index contributed by atoms with van der Waals surface area (Å²) in [6.45, 7) is 8.64. The lowest BCUT2D eigenvalue weighted by atomic mass is 9.74. The van der Waals surface area contributed by atoms with Gasteiger partial charge in [0.25, 0.3) is 0 Å². The molecule has 0 radical (unpaired) electrons. The molecule has 2 nitrogen and oxygen atoms in total. The monoisotopic (exact) mass is 272 g/mol. The van der Waals surface area contributed by atoms with Gasteiger partial charge >= 0.3 is 0 Å². The molecule has 0 saturated carbocycles. The van der Waals surface area contributed by atoms with E-state index in [4.69, 9.17) is 0 Å². The molecule has 2 heterocycles. The highest BCUT2D eigenvalue weighted by Gasteiger charge is 2.36. The summed E-state index contributed by atoms with van der Waals surface area (Å²) in [6.07, 6.45) is 5.59. The molecule has 1 N–H and O–H groups in total. The molecule has 1 aromatic rings. The standard InChI is InChI=1S/C18H28N2/c1-16(17-7-3-2-4-8-17)13-20-12-6-10-18(15-20)9-5-11-19-14-18/h2-4,7-8,16,19H,5-6,9-15H2,1H3. The van der Waals surface area contributed by atoms with Crippen LogP contribution < -0.4 is 5.32 Å². The van der Waals surface area contributed by atoms with E-state index in [9.17, 15) is 0 Å². The summed E-state index contributed by atoms with van der Waals surface area (Å²) in [6, 6.07) is 11.0. The summed E-state index contributed by atoms with van der Waals surface area (Å²) in [5, 5.41) is 3.62. The van der Waals surface area contributed by atoms with Gasteiger partial charge in [-0.05, 0) is 55.7 Å². The van der Waals surface area contributed by atoms with Crippen LogP contribution in [0.5, 0.6) is 0 Å². The van der Waals surface area contributed by atoms with Crippen molar-refractivity contribution in [3.05, 3.63) is 35.9 Å². The van der Waals surface area contributed by atoms with Crippen LogP contribution in [0.3, 0.4) is 0 Å². The molecule has 20 heavy (non-hydrogen) atoms. The second-order valence-corrected chi connectivity index (χ2v) is 6.93. The number of rotatable bonds is 3. The maximum absolute atomic E-state index is 3.62. The third-order valence-corrected chi connectivity index (χ3v) is 5.20. The second kappa shape index (κ2) is 6.28. The van der Waals surface area contributed by atoms with E-state index in [0.717, 1.165) is 0 Å². The first-order valence-electron chi connectivity index (χ1n) is 8.25. The molecule has 1 spiro atoms.